The second-order valence-corrected chi connectivity index (χ2v) is 4.52. The summed E-state index contributed by atoms with van der Waals surface area (Å²) in [5.41, 5.74) is 1.06. The summed E-state index contributed by atoms with van der Waals surface area (Å²) in [5, 5.41) is 12.8. The van der Waals surface area contributed by atoms with E-state index >= 15 is 0 Å². The molecule has 0 saturated carbocycles. The van der Waals surface area contributed by atoms with Gasteiger partial charge in [-0.3, -0.25) is 4.79 Å². The van der Waals surface area contributed by atoms with Gasteiger partial charge in [-0.05, 0) is 19.1 Å². The standard InChI is InChI=1S/C13H12N2O3/c1-7-5-14-10-4-2-3-8-11(10)15(7)6-9(12(8)16)13(17)18/h2-4,6-7,14H,5H2,1H3,(H,17,18). The predicted molar refractivity (Wildman–Crippen MR) is 68.4 cm³/mol. The van der Waals surface area contributed by atoms with Gasteiger partial charge < -0.3 is 15.0 Å². The Morgan fingerprint density at radius 1 is 1.50 bits per heavy atom. The van der Waals surface area contributed by atoms with Gasteiger partial charge in [0, 0.05) is 24.2 Å². The first-order valence-corrected chi connectivity index (χ1v) is 5.74. The van der Waals surface area contributed by atoms with Crippen LogP contribution < -0.4 is 10.7 Å². The molecule has 2 heterocycles. The first-order valence-electron chi connectivity index (χ1n) is 5.74. The molecule has 5 heteroatoms. The number of benzene rings is 1. The summed E-state index contributed by atoms with van der Waals surface area (Å²) in [6.07, 6.45) is 1.45. The maximum absolute atomic E-state index is 12.1. The lowest BCUT2D eigenvalue weighted by atomic mass is 10.1. The third kappa shape index (κ3) is 1.33. The highest BCUT2D eigenvalue weighted by atomic mass is 16.4. The van der Waals surface area contributed by atoms with Crippen molar-refractivity contribution in [3.05, 3.63) is 40.2 Å². The van der Waals surface area contributed by atoms with Gasteiger partial charge in [-0.1, -0.05) is 6.07 Å². The number of rotatable bonds is 1. The van der Waals surface area contributed by atoms with Crippen molar-refractivity contribution in [1.29, 1.82) is 0 Å². The number of nitrogens with zero attached hydrogens (tertiary/aromatic N) is 1. The Hall–Kier alpha value is -2.30. The molecule has 5 nitrogen and oxygen atoms in total. The van der Waals surface area contributed by atoms with Gasteiger partial charge in [-0.2, -0.15) is 0 Å². The largest absolute Gasteiger partial charge is 0.477 e. The first-order chi connectivity index (χ1) is 8.59. The number of hydrogen-bond acceptors (Lipinski definition) is 3. The van der Waals surface area contributed by atoms with Crippen LogP contribution in [-0.4, -0.2) is 22.2 Å². The summed E-state index contributed by atoms with van der Waals surface area (Å²) in [4.78, 5) is 23.2. The highest BCUT2D eigenvalue weighted by Crippen LogP contribution is 2.28. The molecule has 0 fully saturated rings. The topological polar surface area (TPSA) is 71.3 Å². The van der Waals surface area contributed by atoms with E-state index in [0.29, 0.717) is 11.9 Å². The molecule has 1 unspecified atom stereocenters. The van der Waals surface area contributed by atoms with Crippen LogP contribution in [0, 0.1) is 0 Å². The summed E-state index contributed by atoms with van der Waals surface area (Å²) in [6, 6.07) is 5.44. The van der Waals surface area contributed by atoms with E-state index < -0.39 is 11.4 Å². The fourth-order valence-corrected chi connectivity index (χ4v) is 2.41. The van der Waals surface area contributed by atoms with Crippen molar-refractivity contribution in [2.45, 2.75) is 13.0 Å². The lowest BCUT2D eigenvalue weighted by Gasteiger charge is -2.27. The van der Waals surface area contributed by atoms with Crippen LogP contribution in [0.5, 0.6) is 0 Å². The van der Waals surface area contributed by atoms with Crippen molar-refractivity contribution in [3.63, 3.8) is 0 Å². The number of carboxylic acid groups (broad SMARTS) is 1. The quantitative estimate of drug-likeness (QED) is 0.800. The predicted octanol–water partition coefficient (Wildman–Crippen LogP) is 1.69. The zero-order valence-electron chi connectivity index (χ0n) is 9.80. The number of anilines is 1. The molecule has 0 amide bonds. The van der Waals surface area contributed by atoms with Crippen molar-refractivity contribution < 1.29 is 9.90 Å². The molecule has 92 valence electrons. The fraction of sp³-hybridized carbons (Fsp3) is 0.231. The van der Waals surface area contributed by atoms with E-state index in [4.69, 9.17) is 5.11 Å². The smallest absolute Gasteiger partial charge is 0.341 e. The van der Waals surface area contributed by atoms with Crippen molar-refractivity contribution >= 4 is 22.6 Å². The van der Waals surface area contributed by atoms with Gasteiger partial charge in [0.25, 0.3) is 0 Å². The molecule has 2 N–H and O–H groups in total. The average Bonchev–Trinajstić information content (AvgIpc) is 2.35. The Balaban J connectivity index is 2.52. The monoisotopic (exact) mass is 244 g/mol. The Morgan fingerprint density at radius 2 is 2.28 bits per heavy atom. The molecule has 1 aromatic heterocycles. The van der Waals surface area contributed by atoms with Crippen molar-refractivity contribution in [2.24, 2.45) is 0 Å². The van der Waals surface area contributed by atoms with Crippen molar-refractivity contribution in [1.82, 2.24) is 4.57 Å². The van der Waals surface area contributed by atoms with E-state index in [0.717, 1.165) is 11.2 Å². The molecule has 3 rings (SSSR count). The molecule has 0 spiro atoms. The van der Waals surface area contributed by atoms with Gasteiger partial charge >= 0.3 is 5.97 Å². The van der Waals surface area contributed by atoms with Crippen LogP contribution in [-0.2, 0) is 0 Å². The number of pyridine rings is 1. The van der Waals surface area contributed by atoms with Crippen LogP contribution in [0.2, 0.25) is 0 Å². The van der Waals surface area contributed by atoms with E-state index in [-0.39, 0.29) is 11.6 Å². The molecule has 2 aromatic rings. The highest BCUT2D eigenvalue weighted by Gasteiger charge is 2.21. The number of nitrogens with one attached hydrogen (secondary N) is 1. The van der Waals surface area contributed by atoms with E-state index in [2.05, 4.69) is 5.32 Å². The summed E-state index contributed by atoms with van der Waals surface area (Å²) >= 11 is 0. The first kappa shape index (κ1) is 10.8. The summed E-state index contributed by atoms with van der Waals surface area (Å²) < 4.78 is 1.87. The number of para-hydroxylation sites is 1. The SMILES string of the molecule is CC1CNc2cccc3c(=O)c(C(=O)O)cn1c23. The Bertz CT molecular complexity index is 718. The molecule has 1 aliphatic rings. The van der Waals surface area contributed by atoms with Gasteiger partial charge in [-0.15, -0.1) is 0 Å². The van der Waals surface area contributed by atoms with E-state index in [1.807, 2.05) is 17.6 Å². The van der Waals surface area contributed by atoms with Gasteiger partial charge in [0.1, 0.15) is 5.56 Å². The molecule has 18 heavy (non-hydrogen) atoms. The van der Waals surface area contributed by atoms with Crippen LogP contribution in [0.15, 0.2) is 29.2 Å². The molecule has 0 saturated heterocycles. The number of aromatic carboxylic acids is 1. The molecular formula is C13H12N2O3. The molecule has 0 aliphatic carbocycles. The zero-order chi connectivity index (χ0) is 12.9. The van der Waals surface area contributed by atoms with Gasteiger partial charge in [0.15, 0.2) is 0 Å². The van der Waals surface area contributed by atoms with Crippen molar-refractivity contribution in [3.8, 4) is 0 Å². The van der Waals surface area contributed by atoms with Crippen LogP contribution in [0.1, 0.15) is 23.3 Å². The van der Waals surface area contributed by atoms with E-state index in [1.165, 1.54) is 6.20 Å². The lowest BCUT2D eigenvalue weighted by molar-refractivity contribution is 0.0694. The molecular weight excluding hydrogens is 232 g/mol. The van der Waals surface area contributed by atoms with Crippen LogP contribution in [0.25, 0.3) is 10.9 Å². The summed E-state index contributed by atoms with van der Waals surface area (Å²) in [5.74, 6) is -1.18. The molecule has 0 bridgehead atoms. The normalized spacial score (nSPS) is 17.5. The third-order valence-electron chi connectivity index (χ3n) is 3.34. The highest BCUT2D eigenvalue weighted by molar-refractivity contribution is 5.97. The molecule has 1 aromatic carbocycles. The Kier molecular flexibility index (Phi) is 2.16. The van der Waals surface area contributed by atoms with E-state index in [1.54, 1.807) is 12.1 Å². The van der Waals surface area contributed by atoms with E-state index in [9.17, 15) is 9.59 Å². The molecule has 1 atom stereocenters. The lowest BCUT2D eigenvalue weighted by Crippen LogP contribution is -2.27. The number of carbonyl (C=O) groups is 1. The fourth-order valence-electron chi connectivity index (χ4n) is 2.41. The minimum Gasteiger partial charge on any atom is -0.477 e. The number of hydrogen-bond donors (Lipinski definition) is 2. The number of aromatic nitrogens is 1. The number of carboxylic acids is 1. The minimum absolute atomic E-state index is 0.112. The Labute approximate surface area is 103 Å². The van der Waals surface area contributed by atoms with Gasteiger partial charge in [0.05, 0.1) is 11.2 Å². The molecule has 1 aliphatic heterocycles. The van der Waals surface area contributed by atoms with Crippen LogP contribution in [0.3, 0.4) is 0 Å². The van der Waals surface area contributed by atoms with Crippen LogP contribution in [0.4, 0.5) is 5.69 Å². The average molecular weight is 244 g/mol. The maximum Gasteiger partial charge on any atom is 0.341 e. The summed E-state index contributed by atoms with van der Waals surface area (Å²) in [6.45, 7) is 2.70. The summed E-state index contributed by atoms with van der Waals surface area (Å²) in [7, 11) is 0. The zero-order valence-corrected chi connectivity index (χ0v) is 9.80. The maximum atomic E-state index is 12.1. The minimum atomic E-state index is -1.18. The van der Waals surface area contributed by atoms with Crippen molar-refractivity contribution in [2.75, 3.05) is 11.9 Å². The third-order valence-corrected chi connectivity index (χ3v) is 3.34. The van der Waals surface area contributed by atoms with Gasteiger partial charge in [-0.25, -0.2) is 4.79 Å². The molecule has 0 radical (unpaired) electrons. The Morgan fingerprint density at radius 3 is 3.00 bits per heavy atom. The van der Waals surface area contributed by atoms with Crippen LogP contribution >= 0.6 is 0 Å². The second-order valence-electron chi connectivity index (χ2n) is 4.52. The second kappa shape index (κ2) is 3.60. The van der Waals surface area contributed by atoms with Gasteiger partial charge in [0.2, 0.25) is 5.43 Å².